The third-order valence-electron chi connectivity index (χ3n) is 2.50. The predicted molar refractivity (Wildman–Crippen MR) is 51.7 cm³/mol. The molecule has 0 aliphatic heterocycles. The van der Waals surface area contributed by atoms with Gasteiger partial charge in [-0.2, -0.15) is 0 Å². The zero-order chi connectivity index (χ0) is 7.40. The zero-order valence-corrected chi connectivity index (χ0v) is 7.32. The Balaban J connectivity index is 0.000001000. The lowest BCUT2D eigenvalue weighted by atomic mass is 9.83. The molecule has 0 saturated heterocycles. The van der Waals surface area contributed by atoms with Crippen molar-refractivity contribution in [2.45, 2.75) is 40.0 Å². The highest BCUT2D eigenvalue weighted by molar-refractivity contribution is 6.13. The van der Waals surface area contributed by atoms with Gasteiger partial charge in [-0.25, -0.2) is 4.84 Å². The number of hydrogen-bond acceptors (Lipinski definition) is 1. The summed E-state index contributed by atoms with van der Waals surface area (Å²) in [5, 5.41) is 0. The van der Waals surface area contributed by atoms with Crippen molar-refractivity contribution >= 4 is 11.8 Å². The number of hydrogen-bond donors (Lipinski definition) is 1. The van der Waals surface area contributed by atoms with E-state index in [0.29, 0.717) is 0 Å². The van der Waals surface area contributed by atoms with Gasteiger partial charge in [-0.3, -0.25) is 0 Å². The highest BCUT2D eigenvalue weighted by Gasteiger charge is 2.16. The minimum absolute atomic E-state index is 0. The van der Waals surface area contributed by atoms with Crippen LogP contribution >= 0.6 is 11.8 Å². The Bertz CT molecular complexity index is 87.6. The molecule has 0 aromatic carbocycles. The monoisotopic (exact) mass is 177 g/mol. The molecule has 0 aromatic rings. The van der Waals surface area contributed by atoms with Crippen LogP contribution in [0.25, 0.3) is 0 Å². The lowest BCUT2D eigenvalue weighted by Crippen LogP contribution is -2.20. The fourth-order valence-electron chi connectivity index (χ4n) is 1.64. The molecule has 2 heteroatoms. The maximum Gasteiger partial charge on any atom is 0.0136 e. The summed E-state index contributed by atoms with van der Waals surface area (Å²) in [5.41, 5.74) is 0. The molecule has 0 spiro atoms. The topological polar surface area (TPSA) is 12.0 Å². The first kappa shape index (κ1) is 11.2. The Hall–Kier alpha value is 0.250. The number of nitrogens with one attached hydrogen (secondary N) is 1. The predicted octanol–water partition coefficient (Wildman–Crippen LogP) is 3.19. The molecule has 1 N–H and O–H groups in total. The minimum atomic E-state index is 0. The lowest BCUT2D eigenvalue weighted by Gasteiger charge is -2.25. The molecule has 11 heavy (non-hydrogen) atoms. The molecule has 0 atom stereocenters. The van der Waals surface area contributed by atoms with Gasteiger partial charge < -0.3 is 0 Å². The van der Waals surface area contributed by atoms with Gasteiger partial charge in [0, 0.05) is 6.54 Å². The van der Waals surface area contributed by atoms with Crippen LogP contribution in [0.5, 0.6) is 0 Å². The van der Waals surface area contributed by atoms with E-state index in [1.807, 2.05) is 0 Å². The first-order valence-electron chi connectivity index (χ1n) is 4.16. The van der Waals surface area contributed by atoms with Crippen LogP contribution in [0.3, 0.4) is 0 Å². The van der Waals surface area contributed by atoms with Crippen LogP contribution in [-0.2, 0) is 0 Å². The summed E-state index contributed by atoms with van der Waals surface area (Å²) in [5.74, 6) is 1.79. The number of halogens is 1. The largest absolute Gasteiger partial charge is 0.233 e. The molecule has 0 heterocycles. The van der Waals surface area contributed by atoms with Gasteiger partial charge in [-0.15, -0.1) is 0 Å². The van der Waals surface area contributed by atoms with Crippen LogP contribution in [0.15, 0.2) is 0 Å². The van der Waals surface area contributed by atoms with Gasteiger partial charge in [0.1, 0.15) is 0 Å². The normalized spacial score (nSPS) is 31.1. The zero-order valence-electron chi connectivity index (χ0n) is 6.57. The van der Waals surface area contributed by atoms with Crippen molar-refractivity contribution in [3.63, 3.8) is 0 Å². The molecule has 0 unspecified atom stereocenters. The summed E-state index contributed by atoms with van der Waals surface area (Å²) in [6, 6.07) is 0. The molecule has 1 aliphatic carbocycles. The standard InChI is InChI=1S/C8H16ClN.CH4/c1-7-2-4-8(5-3-7)6-10-9;/h7-8,10H,2-6H2,1H3;1H4. The molecule has 0 aromatic heterocycles. The van der Waals surface area contributed by atoms with Crippen LogP contribution < -0.4 is 4.84 Å². The maximum atomic E-state index is 5.42. The Morgan fingerprint density at radius 1 is 1.27 bits per heavy atom. The van der Waals surface area contributed by atoms with E-state index in [4.69, 9.17) is 11.8 Å². The fourth-order valence-corrected chi connectivity index (χ4v) is 1.86. The quantitative estimate of drug-likeness (QED) is 0.639. The van der Waals surface area contributed by atoms with Crippen molar-refractivity contribution < 1.29 is 0 Å². The molecule has 0 amide bonds. The van der Waals surface area contributed by atoms with Crippen molar-refractivity contribution in [3.05, 3.63) is 0 Å². The molecule has 0 radical (unpaired) electrons. The summed E-state index contributed by atoms with van der Waals surface area (Å²) >= 11 is 5.42. The van der Waals surface area contributed by atoms with E-state index in [2.05, 4.69) is 11.8 Å². The van der Waals surface area contributed by atoms with E-state index >= 15 is 0 Å². The number of rotatable bonds is 2. The highest BCUT2D eigenvalue weighted by Crippen LogP contribution is 2.27. The minimum Gasteiger partial charge on any atom is -0.233 e. The average molecular weight is 178 g/mol. The molecule has 0 bridgehead atoms. The summed E-state index contributed by atoms with van der Waals surface area (Å²) in [4.78, 5) is 2.72. The van der Waals surface area contributed by atoms with Gasteiger partial charge in [-0.05, 0) is 36.5 Å². The van der Waals surface area contributed by atoms with Gasteiger partial charge in [0.25, 0.3) is 0 Å². The fraction of sp³-hybridized carbons (Fsp3) is 1.00. The van der Waals surface area contributed by atoms with E-state index in [9.17, 15) is 0 Å². The van der Waals surface area contributed by atoms with Crippen LogP contribution in [-0.4, -0.2) is 6.54 Å². The van der Waals surface area contributed by atoms with Gasteiger partial charge >= 0.3 is 0 Å². The SMILES string of the molecule is C.CC1CCC(CNCl)CC1. The summed E-state index contributed by atoms with van der Waals surface area (Å²) in [7, 11) is 0. The van der Waals surface area contributed by atoms with Crippen molar-refractivity contribution in [2.75, 3.05) is 6.54 Å². The van der Waals surface area contributed by atoms with E-state index in [1.165, 1.54) is 25.7 Å². The molecule has 1 nitrogen and oxygen atoms in total. The Labute approximate surface area is 75.6 Å². The Kier molecular flexibility index (Phi) is 5.98. The van der Waals surface area contributed by atoms with Crippen molar-refractivity contribution in [1.82, 2.24) is 4.84 Å². The molecule has 1 rings (SSSR count). The molecule has 1 fully saturated rings. The van der Waals surface area contributed by atoms with Crippen LogP contribution in [0.2, 0.25) is 0 Å². The molecule has 1 saturated carbocycles. The first-order chi connectivity index (χ1) is 4.83. The van der Waals surface area contributed by atoms with Gasteiger partial charge in [0.2, 0.25) is 0 Å². The van der Waals surface area contributed by atoms with E-state index < -0.39 is 0 Å². The second-order valence-corrected chi connectivity index (χ2v) is 3.73. The van der Waals surface area contributed by atoms with Gasteiger partial charge in [0.15, 0.2) is 0 Å². The van der Waals surface area contributed by atoms with Crippen LogP contribution in [0.1, 0.15) is 40.0 Å². The molecule has 1 aliphatic rings. The van der Waals surface area contributed by atoms with E-state index in [0.717, 1.165) is 18.4 Å². The van der Waals surface area contributed by atoms with Crippen LogP contribution in [0.4, 0.5) is 0 Å². The molecule has 68 valence electrons. The highest BCUT2D eigenvalue weighted by atomic mass is 35.5. The lowest BCUT2D eigenvalue weighted by molar-refractivity contribution is 0.291. The average Bonchev–Trinajstić information content (AvgIpc) is 1.95. The maximum absolute atomic E-state index is 5.42. The van der Waals surface area contributed by atoms with Crippen molar-refractivity contribution in [1.29, 1.82) is 0 Å². The second kappa shape index (κ2) is 5.84. The summed E-state index contributed by atoms with van der Waals surface area (Å²) in [6.07, 6.45) is 5.51. The van der Waals surface area contributed by atoms with E-state index in [-0.39, 0.29) is 7.43 Å². The van der Waals surface area contributed by atoms with Crippen molar-refractivity contribution in [3.8, 4) is 0 Å². The summed E-state index contributed by atoms with van der Waals surface area (Å²) < 4.78 is 0. The molecular weight excluding hydrogens is 158 g/mol. The van der Waals surface area contributed by atoms with Gasteiger partial charge in [-0.1, -0.05) is 27.2 Å². The second-order valence-electron chi connectivity index (χ2n) is 3.46. The Morgan fingerprint density at radius 3 is 2.27 bits per heavy atom. The van der Waals surface area contributed by atoms with E-state index in [1.54, 1.807) is 0 Å². The summed E-state index contributed by atoms with van der Waals surface area (Å²) in [6.45, 7) is 3.33. The molecular formula is C9H20ClN. The Morgan fingerprint density at radius 2 is 1.82 bits per heavy atom. The van der Waals surface area contributed by atoms with Gasteiger partial charge in [0.05, 0.1) is 0 Å². The third-order valence-corrected chi connectivity index (χ3v) is 2.66. The first-order valence-corrected chi connectivity index (χ1v) is 4.54. The third kappa shape index (κ3) is 3.97. The van der Waals surface area contributed by atoms with Crippen molar-refractivity contribution in [2.24, 2.45) is 11.8 Å². The smallest absolute Gasteiger partial charge is 0.0136 e. The van der Waals surface area contributed by atoms with Crippen LogP contribution in [0, 0.1) is 11.8 Å².